The molecule has 1 aliphatic carbocycles. The van der Waals surface area contributed by atoms with E-state index in [1.807, 2.05) is 6.33 Å². The Kier molecular flexibility index (Phi) is 3.21. The minimum absolute atomic E-state index is 0.212. The van der Waals surface area contributed by atoms with E-state index in [1.165, 1.54) is 33.3 Å². The molecular formula is C20H20N2O2. The number of hydrogen-bond acceptors (Lipinski definition) is 3. The van der Waals surface area contributed by atoms with Crippen LogP contribution in [0.1, 0.15) is 27.8 Å². The summed E-state index contributed by atoms with van der Waals surface area (Å²) in [6.07, 6.45) is 4.26. The molecule has 0 saturated heterocycles. The second-order valence-electron chi connectivity index (χ2n) is 6.95. The number of aromatic nitrogens is 2. The van der Waals surface area contributed by atoms with Crippen molar-refractivity contribution in [1.29, 1.82) is 0 Å². The van der Waals surface area contributed by atoms with E-state index in [1.54, 1.807) is 0 Å². The minimum atomic E-state index is -0.212. The lowest BCUT2D eigenvalue weighted by Gasteiger charge is -2.16. The first-order valence-electron chi connectivity index (χ1n) is 8.59. The Hall–Kier alpha value is -2.17. The maximum Gasteiger partial charge on any atom is 0.0961 e. The molecule has 1 aliphatic heterocycles. The number of benzene rings is 2. The van der Waals surface area contributed by atoms with E-state index < -0.39 is 0 Å². The molecule has 5 rings (SSSR count). The van der Waals surface area contributed by atoms with Crippen molar-refractivity contribution >= 4 is 11.0 Å². The Morgan fingerprint density at radius 2 is 2.00 bits per heavy atom. The van der Waals surface area contributed by atoms with Crippen molar-refractivity contribution < 1.29 is 9.84 Å². The summed E-state index contributed by atoms with van der Waals surface area (Å²) in [7, 11) is 0. The van der Waals surface area contributed by atoms with E-state index >= 15 is 0 Å². The van der Waals surface area contributed by atoms with Crippen molar-refractivity contribution in [2.45, 2.75) is 38.5 Å². The Bertz CT molecular complexity index is 929. The summed E-state index contributed by atoms with van der Waals surface area (Å²) in [4.78, 5) is 4.59. The molecule has 2 heterocycles. The zero-order chi connectivity index (χ0) is 16.1. The summed E-state index contributed by atoms with van der Waals surface area (Å²) >= 11 is 0. The largest absolute Gasteiger partial charge is 0.392 e. The number of imidazole rings is 1. The molecule has 0 saturated carbocycles. The van der Waals surface area contributed by atoms with Crippen molar-refractivity contribution in [2.75, 3.05) is 6.61 Å². The summed E-state index contributed by atoms with van der Waals surface area (Å²) in [6, 6.07) is 11.0. The molecule has 4 heteroatoms. The second kappa shape index (κ2) is 5.43. The lowest BCUT2D eigenvalue weighted by atomic mass is 10.0. The third-order valence-corrected chi connectivity index (χ3v) is 5.25. The molecule has 0 fully saturated rings. The van der Waals surface area contributed by atoms with Gasteiger partial charge in [-0.05, 0) is 59.2 Å². The quantitative estimate of drug-likeness (QED) is 0.789. The van der Waals surface area contributed by atoms with Gasteiger partial charge in [0.05, 0.1) is 36.7 Å². The van der Waals surface area contributed by atoms with E-state index in [-0.39, 0.29) is 6.10 Å². The maximum atomic E-state index is 9.82. The first-order chi connectivity index (χ1) is 11.8. The van der Waals surface area contributed by atoms with Gasteiger partial charge in [0.2, 0.25) is 0 Å². The average Bonchev–Trinajstić information content (AvgIpc) is 3.15. The minimum Gasteiger partial charge on any atom is -0.392 e. The van der Waals surface area contributed by atoms with Crippen LogP contribution in [-0.2, 0) is 37.2 Å². The maximum absolute atomic E-state index is 9.82. The number of rotatable bonds is 2. The summed E-state index contributed by atoms with van der Waals surface area (Å²) in [5.41, 5.74) is 8.71. The van der Waals surface area contributed by atoms with Gasteiger partial charge in [0.25, 0.3) is 0 Å². The zero-order valence-corrected chi connectivity index (χ0v) is 13.5. The number of hydrogen-bond donors (Lipinski definition) is 1. The number of aliphatic hydroxyl groups excluding tert-OH is 1. The monoisotopic (exact) mass is 320 g/mol. The van der Waals surface area contributed by atoms with Crippen LogP contribution in [0.25, 0.3) is 11.0 Å². The first-order valence-corrected chi connectivity index (χ1v) is 8.59. The molecule has 0 radical (unpaired) electrons. The highest BCUT2D eigenvalue weighted by molar-refractivity contribution is 5.77. The molecule has 1 N–H and O–H groups in total. The van der Waals surface area contributed by atoms with Gasteiger partial charge in [0.15, 0.2) is 0 Å². The van der Waals surface area contributed by atoms with Crippen LogP contribution in [0.4, 0.5) is 0 Å². The fourth-order valence-corrected chi connectivity index (χ4v) is 3.99. The molecule has 2 aliphatic rings. The molecule has 1 atom stereocenters. The van der Waals surface area contributed by atoms with Crippen LogP contribution in [-0.4, -0.2) is 27.4 Å². The van der Waals surface area contributed by atoms with Crippen LogP contribution in [0, 0.1) is 0 Å². The number of fused-ring (bicyclic) bond motifs is 3. The van der Waals surface area contributed by atoms with Crippen LogP contribution >= 0.6 is 0 Å². The van der Waals surface area contributed by atoms with Gasteiger partial charge in [-0.15, -0.1) is 0 Å². The normalized spacial score (nSPS) is 19.5. The Labute approximate surface area is 140 Å². The highest BCUT2D eigenvalue weighted by Crippen LogP contribution is 2.26. The molecular weight excluding hydrogens is 300 g/mol. The fraction of sp³-hybridized carbons (Fsp3) is 0.350. The smallest absolute Gasteiger partial charge is 0.0961 e. The van der Waals surface area contributed by atoms with Gasteiger partial charge in [-0.25, -0.2) is 4.98 Å². The van der Waals surface area contributed by atoms with Crippen molar-refractivity contribution in [1.82, 2.24) is 9.55 Å². The molecule has 2 aromatic carbocycles. The second-order valence-corrected chi connectivity index (χ2v) is 6.95. The van der Waals surface area contributed by atoms with E-state index in [0.29, 0.717) is 6.61 Å². The topological polar surface area (TPSA) is 47.3 Å². The number of ether oxygens (including phenoxy) is 1. The van der Waals surface area contributed by atoms with Gasteiger partial charge < -0.3 is 14.4 Å². The Balaban J connectivity index is 1.50. The van der Waals surface area contributed by atoms with Gasteiger partial charge in [-0.3, -0.25) is 0 Å². The van der Waals surface area contributed by atoms with E-state index in [9.17, 15) is 5.11 Å². The molecule has 0 unspecified atom stereocenters. The van der Waals surface area contributed by atoms with E-state index in [0.717, 1.165) is 37.9 Å². The van der Waals surface area contributed by atoms with Gasteiger partial charge >= 0.3 is 0 Å². The SMILES string of the molecule is O[C@H]1Cc2ccc(Cn3cnc4cc5c(cc43)COCC5)cc2C1. The van der Waals surface area contributed by atoms with Gasteiger partial charge in [-0.1, -0.05) is 18.2 Å². The summed E-state index contributed by atoms with van der Waals surface area (Å²) in [5, 5.41) is 9.82. The summed E-state index contributed by atoms with van der Waals surface area (Å²) in [5.74, 6) is 0. The zero-order valence-electron chi connectivity index (χ0n) is 13.5. The molecule has 3 aromatic rings. The number of aliphatic hydroxyl groups is 1. The van der Waals surface area contributed by atoms with Crippen molar-refractivity contribution in [3.05, 3.63) is 64.5 Å². The van der Waals surface area contributed by atoms with E-state index in [4.69, 9.17) is 4.74 Å². The predicted molar refractivity (Wildman–Crippen MR) is 92.1 cm³/mol. The van der Waals surface area contributed by atoms with Crippen molar-refractivity contribution in [2.24, 2.45) is 0 Å². The molecule has 0 amide bonds. The van der Waals surface area contributed by atoms with Crippen LogP contribution < -0.4 is 0 Å². The highest BCUT2D eigenvalue weighted by atomic mass is 16.5. The average molecular weight is 320 g/mol. The lowest BCUT2D eigenvalue weighted by molar-refractivity contribution is 0.111. The molecule has 122 valence electrons. The highest BCUT2D eigenvalue weighted by Gasteiger charge is 2.19. The third-order valence-electron chi connectivity index (χ3n) is 5.25. The predicted octanol–water partition coefficient (Wildman–Crippen LogP) is 2.62. The first kappa shape index (κ1) is 14.2. The molecule has 0 spiro atoms. The van der Waals surface area contributed by atoms with Crippen molar-refractivity contribution in [3.63, 3.8) is 0 Å². The third kappa shape index (κ3) is 2.34. The standard InChI is InChI=1S/C20H20N2O2/c23-18-6-14-2-1-13(5-16(14)7-18)10-22-12-21-19-8-15-3-4-24-11-17(15)9-20(19)22/h1-2,5,8-9,12,18,23H,3-4,6-7,10-11H2/t18-/m0/s1. The Morgan fingerprint density at radius 3 is 2.96 bits per heavy atom. The molecule has 1 aromatic heterocycles. The van der Waals surface area contributed by atoms with Crippen LogP contribution in [0.5, 0.6) is 0 Å². The van der Waals surface area contributed by atoms with E-state index in [2.05, 4.69) is 39.9 Å². The lowest BCUT2D eigenvalue weighted by Crippen LogP contribution is -2.10. The van der Waals surface area contributed by atoms with Crippen molar-refractivity contribution in [3.8, 4) is 0 Å². The summed E-state index contributed by atoms with van der Waals surface area (Å²) < 4.78 is 7.79. The van der Waals surface area contributed by atoms with Gasteiger partial charge in [0.1, 0.15) is 0 Å². The van der Waals surface area contributed by atoms with Gasteiger partial charge in [0, 0.05) is 6.54 Å². The van der Waals surface area contributed by atoms with Gasteiger partial charge in [-0.2, -0.15) is 0 Å². The molecule has 0 bridgehead atoms. The summed E-state index contributed by atoms with van der Waals surface area (Å²) in [6.45, 7) is 2.31. The molecule has 24 heavy (non-hydrogen) atoms. The van der Waals surface area contributed by atoms with Crippen LogP contribution in [0.2, 0.25) is 0 Å². The fourth-order valence-electron chi connectivity index (χ4n) is 3.99. The number of nitrogens with zero attached hydrogens (tertiary/aromatic N) is 2. The Morgan fingerprint density at radius 1 is 1.08 bits per heavy atom. The van der Waals surface area contributed by atoms with Crippen LogP contribution in [0.3, 0.4) is 0 Å². The van der Waals surface area contributed by atoms with Crippen LogP contribution in [0.15, 0.2) is 36.7 Å². The molecule has 4 nitrogen and oxygen atoms in total.